The zero-order valence-electron chi connectivity index (χ0n) is 12.4. The second kappa shape index (κ2) is 5.82. The second-order valence-corrected chi connectivity index (χ2v) is 5.60. The van der Waals surface area contributed by atoms with Crippen LogP contribution in [0.1, 0.15) is 38.9 Å². The number of ether oxygens (including phenoxy) is 2. The minimum atomic E-state index is -1.10. The SMILES string of the molecule is COc1cncc([C@@H]2CC(O)ON2C(=O)OC(C)(C)C)n1. The molecule has 1 saturated heterocycles. The lowest BCUT2D eigenvalue weighted by Gasteiger charge is -2.26. The number of aliphatic hydroxyl groups excluding tert-OH is 1. The highest BCUT2D eigenvalue weighted by molar-refractivity contribution is 5.67. The average molecular weight is 297 g/mol. The Kier molecular flexibility index (Phi) is 4.29. The van der Waals surface area contributed by atoms with Crippen molar-refractivity contribution < 1.29 is 24.2 Å². The number of aliphatic hydroxyl groups is 1. The third kappa shape index (κ3) is 3.79. The van der Waals surface area contributed by atoms with Crippen molar-refractivity contribution in [2.45, 2.75) is 45.1 Å². The topological polar surface area (TPSA) is 94.0 Å². The first-order chi connectivity index (χ1) is 9.80. The van der Waals surface area contributed by atoms with Crippen LogP contribution in [0.5, 0.6) is 5.88 Å². The van der Waals surface area contributed by atoms with Gasteiger partial charge >= 0.3 is 6.09 Å². The fraction of sp³-hybridized carbons (Fsp3) is 0.615. The van der Waals surface area contributed by atoms with Crippen LogP contribution in [0.4, 0.5) is 4.79 Å². The summed E-state index contributed by atoms with van der Waals surface area (Å²) >= 11 is 0. The van der Waals surface area contributed by atoms with E-state index < -0.39 is 24.0 Å². The third-order valence-electron chi connectivity index (χ3n) is 2.70. The number of nitrogens with zero attached hydrogens (tertiary/aromatic N) is 3. The van der Waals surface area contributed by atoms with Gasteiger partial charge in [-0.25, -0.2) is 14.6 Å². The largest absolute Gasteiger partial charge is 0.480 e. The summed E-state index contributed by atoms with van der Waals surface area (Å²) in [5.41, 5.74) is -0.213. The Balaban J connectivity index is 2.21. The molecule has 2 atom stereocenters. The number of carbonyl (C=O) groups is 1. The Morgan fingerprint density at radius 2 is 2.19 bits per heavy atom. The molecule has 8 heteroatoms. The maximum absolute atomic E-state index is 12.1. The summed E-state index contributed by atoms with van der Waals surface area (Å²) in [5, 5.41) is 10.6. The van der Waals surface area contributed by atoms with Crippen LogP contribution in [0.3, 0.4) is 0 Å². The van der Waals surface area contributed by atoms with Gasteiger partial charge in [0, 0.05) is 6.42 Å². The van der Waals surface area contributed by atoms with E-state index in [1.54, 1.807) is 20.8 Å². The molecule has 0 aromatic carbocycles. The normalized spacial score (nSPS) is 22.2. The van der Waals surface area contributed by atoms with E-state index in [0.717, 1.165) is 5.06 Å². The molecule has 116 valence electrons. The highest BCUT2D eigenvalue weighted by atomic mass is 16.8. The minimum absolute atomic E-state index is 0.182. The Morgan fingerprint density at radius 3 is 2.81 bits per heavy atom. The zero-order chi connectivity index (χ0) is 15.6. The van der Waals surface area contributed by atoms with E-state index in [4.69, 9.17) is 14.3 Å². The number of hydrogen-bond donors (Lipinski definition) is 1. The van der Waals surface area contributed by atoms with Crippen LogP contribution < -0.4 is 4.74 Å². The summed E-state index contributed by atoms with van der Waals surface area (Å²) in [6, 6.07) is -0.586. The fourth-order valence-electron chi connectivity index (χ4n) is 1.87. The molecule has 0 bridgehead atoms. The molecule has 1 fully saturated rings. The number of hydroxylamine groups is 2. The molecule has 0 spiro atoms. The Hall–Kier alpha value is -1.93. The van der Waals surface area contributed by atoms with Crippen LogP contribution in [0, 0.1) is 0 Å². The van der Waals surface area contributed by atoms with Crippen LogP contribution in [-0.4, -0.2) is 45.2 Å². The molecule has 2 rings (SSSR count). The Bertz CT molecular complexity index is 517. The molecule has 1 unspecified atom stereocenters. The first kappa shape index (κ1) is 15.5. The molecule has 0 radical (unpaired) electrons. The molecular formula is C13H19N3O5. The smallest absolute Gasteiger partial charge is 0.435 e. The summed E-state index contributed by atoms with van der Waals surface area (Å²) in [6.45, 7) is 5.24. The van der Waals surface area contributed by atoms with E-state index >= 15 is 0 Å². The molecule has 1 amide bonds. The van der Waals surface area contributed by atoms with Crippen molar-refractivity contribution in [2.24, 2.45) is 0 Å². The number of rotatable bonds is 2. The molecule has 1 N–H and O–H groups in total. The van der Waals surface area contributed by atoms with Crippen molar-refractivity contribution in [3.63, 3.8) is 0 Å². The summed E-state index contributed by atoms with van der Waals surface area (Å²) in [6.07, 6.45) is 1.34. The van der Waals surface area contributed by atoms with E-state index in [2.05, 4.69) is 9.97 Å². The molecule has 8 nitrogen and oxygen atoms in total. The van der Waals surface area contributed by atoms with E-state index in [-0.39, 0.29) is 6.42 Å². The van der Waals surface area contributed by atoms with Crippen LogP contribution in [0.2, 0.25) is 0 Å². The van der Waals surface area contributed by atoms with Crippen molar-refractivity contribution in [1.82, 2.24) is 15.0 Å². The van der Waals surface area contributed by atoms with E-state index in [1.807, 2.05) is 0 Å². The summed E-state index contributed by atoms with van der Waals surface area (Å²) in [5.74, 6) is 0.318. The van der Waals surface area contributed by atoms with Gasteiger partial charge in [0.1, 0.15) is 11.6 Å². The van der Waals surface area contributed by atoms with E-state index in [1.165, 1.54) is 19.5 Å². The van der Waals surface area contributed by atoms with Crippen LogP contribution >= 0.6 is 0 Å². The van der Waals surface area contributed by atoms with E-state index in [0.29, 0.717) is 11.6 Å². The summed E-state index contributed by atoms with van der Waals surface area (Å²) in [4.78, 5) is 25.4. The van der Waals surface area contributed by atoms with Gasteiger partial charge in [0.05, 0.1) is 25.2 Å². The molecule has 1 aliphatic rings. The molecule has 21 heavy (non-hydrogen) atoms. The predicted octanol–water partition coefficient (Wildman–Crippen LogP) is 1.42. The standard InChI is InChI=1S/C13H19N3O5/c1-13(2,3)20-12(18)16-9(5-11(17)21-16)8-6-14-7-10(15-8)19-4/h6-7,9,11,17H,5H2,1-4H3/t9-,11?/m0/s1. The second-order valence-electron chi connectivity index (χ2n) is 5.60. The van der Waals surface area contributed by atoms with Gasteiger partial charge in [-0.15, -0.1) is 0 Å². The fourth-order valence-corrected chi connectivity index (χ4v) is 1.87. The number of amides is 1. The first-order valence-electron chi connectivity index (χ1n) is 6.53. The van der Waals surface area contributed by atoms with Crippen LogP contribution in [0.25, 0.3) is 0 Å². The highest BCUT2D eigenvalue weighted by Crippen LogP contribution is 2.33. The van der Waals surface area contributed by atoms with Crippen LogP contribution in [0.15, 0.2) is 12.4 Å². The van der Waals surface area contributed by atoms with E-state index in [9.17, 15) is 9.90 Å². The molecule has 0 aliphatic carbocycles. The molecule has 1 aliphatic heterocycles. The van der Waals surface area contributed by atoms with Crippen molar-refractivity contribution in [1.29, 1.82) is 0 Å². The van der Waals surface area contributed by atoms with Gasteiger partial charge in [-0.05, 0) is 20.8 Å². The zero-order valence-corrected chi connectivity index (χ0v) is 12.4. The van der Waals surface area contributed by atoms with Gasteiger partial charge in [-0.1, -0.05) is 0 Å². The van der Waals surface area contributed by atoms with Gasteiger partial charge in [0.25, 0.3) is 0 Å². The number of aromatic nitrogens is 2. The number of hydrogen-bond acceptors (Lipinski definition) is 7. The van der Waals surface area contributed by atoms with Gasteiger partial charge < -0.3 is 14.6 Å². The molecule has 1 aromatic rings. The average Bonchev–Trinajstić information content (AvgIpc) is 2.79. The summed E-state index contributed by atoms with van der Waals surface area (Å²) in [7, 11) is 1.47. The monoisotopic (exact) mass is 297 g/mol. The lowest BCUT2D eigenvalue weighted by Crippen LogP contribution is -2.36. The van der Waals surface area contributed by atoms with Crippen molar-refractivity contribution in [2.75, 3.05) is 7.11 Å². The molecular weight excluding hydrogens is 278 g/mol. The number of carbonyl (C=O) groups excluding carboxylic acids is 1. The maximum Gasteiger partial charge on any atom is 0.435 e. The van der Waals surface area contributed by atoms with Gasteiger partial charge in [0.2, 0.25) is 5.88 Å². The van der Waals surface area contributed by atoms with Crippen LogP contribution in [-0.2, 0) is 9.57 Å². The lowest BCUT2D eigenvalue weighted by atomic mass is 10.1. The molecule has 2 heterocycles. The van der Waals surface area contributed by atoms with Crippen molar-refractivity contribution in [3.05, 3.63) is 18.1 Å². The number of methoxy groups -OCH3 is 1. The lowest BCUT2D eigenvalue weighted by molar-refractivity contribution is -0.207. The molecule has 1 aromatic heterocycles. The summed E-state index contributed by atoms with van der Waals surface area (Å²) < 4.78 is 10.3. The molecule has 0 saturated carbocycles. The third-order valence-corrected chi connectivity index (χ3v) is 2.70. The predicted molar refractivity (Wildman–Crippen MR) is 71.1 cm³/mol. The van der Waals surface area contributed by atoms with Gasteiger partial charge in [-0.2, -0.15) is 5.06 Å². The Morgan fingerprint density at radius 1 is 1.48 bits per heavy atom. The van der Waals surface area contributed by atoms with Crippen molar-refractivity contribution in [3.8, 4) is 5.88 Å². The first-order valence-corrected chi connectivity index (χ1v) is 6.53. The van der Waals surface area contributed by atoms with Gasteiger partial charge in [-0.3, -0.25) is 4.98 Å². The quantitative estimate of drug-likeness (QED) is 0.882. The minimum Gasteiger partial charge on any atom is -0.480 e. The van der Waals surface area contributed by atoms with Gasteiger partial charge in [0.15, 0.2) is 6.29 Å². The van der Waals surface area contributed by atoms with Crippen molar-refractivity contribution >= 4 is 6.09 Å². The highest BCUT2D eigenvalue weighted by Gasteiger charge is 2.40. The Labute approximate surface area is 122 Å². The maximum atomic E-state index is 12.1.